The van der Waals surface area contributed by atoms with E-state index < -0.39 is 260 Å². The number of halogens is 2. The van der Waals surface area contributed by atoms with Gasteiger partial charge in [-0.1, -0.05) is 105 Å². The van der Waals surface area contributed by atoms with Gasteiger partial charge in [0.25, 0.3) is 0 Å². The molecule has 0 aromatic heterocycles. The Morgan fingerprint density at radius 1 is 0.517 bits per heavy atom. The summed E-state index contributed by atoms with van der Waals surface area (Å²) in [6.07, 6.45) is -13.2. The Labute approximate surface area is 693 Å². The Hall–Kier alpha value is -11.4. The number of amides is 7. The Balaban J connectivity index is 1.04. The third-order valence-electron chi connectivity index (χ3n) is 21.5. The maximum atomic E-state index is 16.6. The first-order valence-corrected chi connectivity index (χ1v) is 39.3. The third kappa shape index (κ3) is 18.5. The molecule has 2 fully saturated rings. The maximum absolute atomic E-state index is 16.6. The number of carboxylic acid groups (broad SMARTS) is 1. The molecule has 8 aliphatic rings. The van der Waals surface area contributed by atoms with Gasteiger partial charge in [0.05, 0.1) is 23.3 Å². The molecule has 2 saturated heterocycles. The first kappa shape index (κ1) is 86.5. The zero-order valence-corrected chi connectivity index (χ0v) is 65.6. The van der Waals surface area contributed by atoms with Crippen molar-refractivity contribution >= 4 is 70.5 Å². The molecule has 38 heteroatoms. The summed E-state index contributed by atoms with van der Waals surface area (Å²) in [5, 5.41) is 168. The highest BCUT2D eigenvalue weighted by Crippen LogP contribution is 2.51. The van der Waals surface area contributed by atoms with Gasteiger partial charge in [-0.2, -0.15) is 0 Å². The minimum Gasteiger partial charge on any atom is -0.508 e. The van der Waals surface area contributed by atoms with E-state index in [1.54, 1.807) is 0 Å². The Kier molecular flexibility index (Phi) is 26.7. The number of ether oxygens (including phenoxy) is 7. The van der Waals surface area contributed by atoms with E-state index in [4.69, 9.17) is 56.4 Å². The van der Waals surface area contributed by atoms with Crippen molar-refractivity contribution in [3.63, 3.8) is 0 Å². The van der Waals surface area contributed by atoms with E-state index in [9.17, 15) is 80.8 Å². The number of aromatic hydroxyl groups is 4. The van der Waals surface area contributed by atoms with E-state index in [-0.39, 0.29) is 46.8 Å². The Bertz CT molecular complexity index is 5060. The van der Waals surface area contributed by atoms with Crippen LogP contribution in [0.25, 0.3) is 11.1 Å². The summed E-state index contributed by atoms with van der Waals surface area (Å²) < 4.78 is 44.4. The van der Waals surface area contributed by atoms with Gasteiger partial charge in [0.2, 0.25) is 59.7 Å². The number of carboxylic acids is 1. The van der Waals surface area contributed by atoms with Crippen molar-refractivity contribution in [1.29, 1.82) is 0 Å². The number of aliphatic carboxylic acids is 1. The molecule has 15 rings (SSSR count). The van der Waals surface area contributed by atoms with Crippen LogP contribution in [0.5, 0.6) is 69.0 Å². The van der Waals surface area contributed by atoms with Gasteiger partial charge >= 0.3 is 5.97 Å². The molecule has 8 heterocycles. The first-order valence-electron chi connectivity index (χ1n) is 38.6. The molecule has 8 aliphatic heterocycles. The van der Waals surface area contributed by atoms with Gasteiger partial charge < -0.3 is 142 Å². The predicted molar refractivity (Wildman–Crippen MR) is 418 cm³/mol. The fraction of sp³-hybridized carbons (Fsp3) is 0.390. The molecule has 21 N–H and O–H groups in total. The molecule has 36 nitrogen and oxygen atoms in total. The van der Waals surface area contributed by atoms with Gasteiger partial charge in [-0.05, 0) is 126 Å². The molecule has 18 atom stereocenters. The zero-order chi connectivity index (χ0) is 85.8. The number of fused-ring (bicyclic) bond motifs is 14. The quantitative estimate of drug-likeness (QED) is 0.0543. The largest absolute Gasteiger partial charge is 0.508 e. The van der Waals surface area contributed by atoms with Crippen LogP contribution >= 0.6 is 23.2 Å². The van der Waals surface area contributed by atoms with E-state index in [1.807, 2.05) is 0 Å². The number of aliphatic hydroxyl groups is 8. The summed E-state index contributed by atoms with van der Waals surface area (Å²) in [5.41, 5.74) is -2.87. The standard InChI is InChI=1S/C82H88Cl2N8O28/c1-3-4-5-6-7-8-9-10-11-57(98)87-65-70(103)68(101)55(32-93)118-81(65)120-73-53-28-39-29-54(73)115-49-21-16-37(24-44(49)83)66(99)64-79(111)91-63(80(112)113)43-30-40(95)31-51(117-82-72(105)71(104)69(102)56(33-94)119-82)58(43)42-23-35(14-19-47(42)96)60(76(108)92-64)89-78(110)62(39)90-77(109)61-38-25-45(84)67(100)52(27-38)116-50-26-36(15-20-48(50)97)59(85-2)75(107)86-46(74(106)88-61)22-34-12-17-41(114-53)18-13-34/h12-21,23-31,46,55-56,59-66,68-72,81-82,85,93-97,99-105H,3-11,22,32-33H2,1-2H3,(H,86,107)(H,87,98)(H,88,106)(H,89,110)(H,90,109)(H,91,111)(H,92,108)(H,112,113)/t46-,55-,56-,59-,60-,61?,62-,63+,64+,65-,66-,68-,69-,70-,71+,72+,81+,82+/m1/s1. The minimum atomic E-state index is -2.41. The van der Waals surface area contributed by atoms with Crippen LogP contribution in [-0.2, 0) is 54.3 Å². The molecule has 7 aromatic rings. The van der Waals surface area contributed by atoms with E-state index >= 15 is 24.0 Å². The lowest BCUT2D eigenvalue weighted by molar-refractivity contribution is -0.277. The molecule has 7 aromatic carbocycles. The highest BCUT2D eigenvalue weighted by atomic mass is 35.5. The molecule has 7 amide bonds. The molecular formula is C82H88Cl2N8O28. The van der Waals surface area contributed by atoms with Crippen LogP contribution in [0, 0.1) is 0 Å². The number of likely N-dealkylation sites (N-methyl/N-ethyl adjacent to an activating group) is 1. The highest BCUT2D eigenvalue weighted by Gasteiger charge is 2.50. The lowest BCUT2D eigenvalue weighted by atomic mass is 9.89. The molecule has 0 aliphatic carbocycles. The van der Waals surface area contributed by atoms with Crippen molar-refractivity contribution in [3.8, 4) is 80.1 Å². The van der Waals surface area contributed by atoms with Crippen molar-refractivity contribution in [2.45, 2.75) is 181 Å². The monoisotopic (exact) mass is 1700 g/mol. The average molecular weight is 1700 g/mol. The van der Waals surface area contributed by atoms with Gasteiger partial charge in [0, 0.05) is 35.6 Å². The fourth-order valence-electron chi connectivity index (χ4n) is 15.1. The first-order chi connectivity index (χ1) is 57.4. The minimum absolute atomic E-state index is 0.0772. The summed E-state index contributed by atoms with van der Waals surface area (Å²) in [5.74, 6) is -17.1. The average Bonchev–Trinajstić information content (AvgIpc) is 0.752. The van der Waals surface area contributed by atoms with E-state index in [0.717, 1.165) is 111 Å². The number of nitrogens with one attached hydrogen (secondary N) is 8. The van der Waals surface area contributed by atoms with Gasteiger partial charge in [-0.15, -0.1) is 0 Å². The number of hydrogen-bond acceptors (Lipinski definition) is 28. The van der Waals surface area contributed by atoms with E-state index in [0.29, 0.717) is 18.4 Å². The van der Waals surface area contributed by atoms with Crippen LogP contribution in [0.4, 0.5) is 0 Å². The maximum Gasteiger partial charge on any atom is 0.330 e. The van der Waals surface area contributed by atoms with E-state index in [1.165, 1.54) is 49.5 Å². The third-order valence-corrected chi connectivity index (χ3v) is 22.1. The summed E-state index contributed by atoms with van der Waals surface area (Å²) in [6, 6.07) is 5.48. The highest BCUT2D eigenvalue weighted by molar-refractivity contribution is 6.32. The number of benzene rings is 7. The summed E-state index contributed by atoms with van der Waals surface area (Å²) in [6.45, 7) is 0.172. The molecule has 120 heavy (non-hydrogen) atoms. The van der Waals surface area contributed by atoms with Crippen molar-refractivity contribution < 1.29 is 138 Å². The molecule has 0 spiro atoms. The predicted octanol–water partition coefficient (Wildman–Crippen LogP) is 3.85. The number of hydrogen-bond donors (Lipinski definition) is 21. The molecule has 0 saturated carbocycles. The number of carbonyl (C=O) groups is 8. The Morgan fingerprint density at radius 2 is 1.09 bits per heavy atom. The second-order valence-electron chi connectivity index (χ2n) is 29.7. The summed E-state index contributed by atoms with van der Waals surface area (Å²) in [4.78, 5) is 122. The van der Waals surface area contributed by atoms with Crippen LogP contribution in [0.1, 0.15) is 140 Å². The molecular weight excluding hydrogens is 1620 g/mol. The smallest absolute Gasteiger partial charge is 0.330 e. The summed E-state index contributed by atoms with van der Waals surface area (Å²) in [7, 11) is 1.42. The van der Waals surface area contributed by atoms with Crippen molar-refractivity contribution in [2.75, 3.05) is 20.3 Å². The molecule has 1 unspecified atom stereocenters. The van der Waals surface area contributed by atoms with E-state index in [2.05, 4.69) is 49.5 Å². The van der Waals surface area contributed by atoms with Gasteiger partial charge in [-0.3, -0.25) is 33.6 Å². The number of unbranched alkanes of at least 4 members (excludes halogenated alkanes) is 7. The Morgan fingerprint density at radius 3 is 1.76 bits per heavy atom. The van der Waals surface area contributed by atoms with Crippen molar-refractivity contribution in [1.82, 2.24) is 42.5 Å². The lowest BCUT2D eigenvalue weighted by Crippen LogP contribution is -2.65. The number of phenols is 4. The number of rotatable bonds is 18. The van der Waals surface area contributed by atoms with Gasteiger partial charge in [0.1, 0.15) is 120 Å². The van der Waals surface area contributed by atoms with Crippen LogP contribution in [0.15, 0.2) is 115 Å². The second-order valence-corrected chi connectivity index (χ2v) is 30.5. The number of phenolic OH excluding ortho intramolecular Hbond substituents is 4. The number of carbonyl (C=O) groups excluding carboxylic acids is 7. The SMILES string of the molecule is CCCCCCCCCCC(=O)N[C@H]1[C@H](Oc2c3cc4cc2Oc2ccc(cc2Cl)[C@@H](O)[C@@H]2NC(=O)[C@H](NC(=O)[C@@H]4NC(=O)C4NC(=O)[C@@H](Cc5ccc(cc5)O3)NC(=O)[C@H](NC)c3ccc(O)c(c3)Oc3cc4cc(Cl)c3O)c3ccc(O)c(c3)-c3c(O[C@H]4O[C@H](CO)[C@@H](O)[C@H](O)[C@@H]4O)cc(O)cc3[C@@H](C(=O)O)NC2=O)O[C@H](CO)[C@@H](O)[C@@H]1O. The van der Waals surface area contributed by atoms with Crippen LogP contribution in [0.3, 0.4) is 0 Å². The van der Waals surface area contributed by atoms with Gasteiger partial charge in [-0.25, -0.2) is 4.79 Å². The fourth-order valence-corrected chi connectivity index (χ4v) is 15.5. The van der Waals surface area contributed by atoms with Crippen molar-refractivity contribution in [3.05, 3.63) is 164 Å². The van der Waals surface area contributed by atoms with Crippen LogP contribution in [-0.4, -0.2) is 207 Å². The second kappa shape index (κ2) is 37.1. The molecule has 17 bridgehead atoms. The topological polar surface area (TPSA) is 560 Å². The molecule has 638 valence electrons. The molecule has 0 radical (unpaired) electrons. The van der Waals surface area contributed by atoms with Crippen molar-refractivity contribution in [2.24, 2.45) is 0 Å². The zero-order valence-electron chi connectivity index (χ0n) is 64.0. The van der Waals surface area contributed by atoms with Gasteiger partial charge in [0.15, 0.2) is 40.5 Å². The van der Waals surface area contributed by atoms with Crippen LogP contribution in [0.2, 0.25) is 10.0 Å². The van der Waals surface area contributed by atoms with Crippen LogP contribution < -0.4 is 66.2 Å². The summed E-state index contributed by atoms with van der Waals surface area (Å²) >= 11 is 14.0. The number of aliphatic hydroxyl groups excluding tert-OH is 8. The lowest BCUT2D eigenvalue weighted by Gasteiger charge is -2.42. The normalized spacial score (nSPS) is 26.7.